The van der Waals surface area contributed by atoms with Crippen LogP contribution in [0.3, 0.4) is 0 Å². The highest BCUT2D eigenvalue weighted by Gasteiger charge is 2.24. The molecule has 1 saturated heterocycles. The first-order chi connectivity index (χ1) is 8.04. The van der Waals surface area contributed by atoms with Gasteiger partial charge in [-0.2, -0.15) is 0 Å². The minimum atomic E-state index is 0.152. The van der Waals surface area contributed by atoms with Crippen LogP contribution >= 0.6 is 0 Å². The fraction of sp³-hybridized carbons (Fsp3) is 0.929. The quantitative estimate of drug-likeness (QED) is 0.802. The third kappa shape index (κ3) is 4.66. The molecule has 100 valence electrons. The van der Waals surface area contributed by atoms with Gasteiger partial charge in [-0.05, 0) is 31.1 Å². The predicted octanol–water partition coefficient (Wildman–Crippen LogP) is 2.40. The van der Waals surface area contributed by atoms with Gasteiger partial charge in [-0.15, -0.1) is 0 Å². The zero-order chi connectivity index (χ0) is 12.8. The van der Waals surface area contributed by atoms with Crippen molar-refractivity contribution >= 4 is 5.91 Å². The molecule has 1 amide bonds. The molecule has 17 heavy (non-hydrogen) atoms. The van der Waals surface area contributed by atoms with E-state index in [4.69, 9.17) is 5.73 Å². The first-order valence-electron chi connectivity index (χ1n) is 7.08. The van der Waals surface area contributed by atoms with E-state index in [2.05, 4.69) is 20.8 Å². The molecule has 1 heterocycles. The first-order valence-corrected chi connectivity index (χ1v) is 7.08. The molecule has 3 heteroatoms. The maximum absolute atomic E-state index is 12.0. The summed E-state index contributed by atoms with van der Waals surface area (Å²) in [6.45, 7) is 8.30. The number of rotatable bonds is 5. The SMILES string of the molecule is CCCC(N)CN1CCC(C(C)C)CCC1=O. The lowest BCUT2D eigenvalue weighted by Crippen LogP contribution is -2.40. The van der Waals surface area contributed by atoms with Crippen LogP contribution in [0.1, 0.15) is 52.9 Å². The number of carbonyl (C=O) groups excluding carboxylic acids is 1. The van der Waals surface area contributed by atoms with Crippen molar-refractivity contribution in [3.8, 4) is 0 Å². The van der Waals surface area contributed by atoms with E-state index in [0.717, 1.165) is 38.8 Å². The molecule has 0 radical (unpaired) electrons. The van der Waals surface area contributed by atoms with E-state index < -0.39 is 0 Å². The van der Waals surface area contributed by atoms with E-state index >= 15 is 0 Å². The van der Waals surface area contributed by atoms with Crippen LogP contribution in [0.25, 0.3) is 0 Å². The Kier molecular flexibility index (Phi) is 5.96. The molecule has 2 atom stereocenters. The summed E-state index contributed by atoms with van der Waals surface area (Å²) in [4.78, 5) is 14.0. The van der Waals surface area contributed by atoms with Crippen LogP contribution in [0.15, 0.2) is 0 Å². The second-order valence-corrected chi connectivity index (χ2v) is 5.72. The Morgan fingerprint density at radius 1 is 1.41 bits per heavy atom. The molecule has 1 aliphatic rings. The standard InChI is InChI=1S/C14H28N2O/c1-4-5-13(15)10-16-9-8-12(11(2)3)6-7-14(16)17/h11-13H,4-10,15H2,1-3H3. The average Bonchev–Trinajstić information content (AvgIpc) is 2.43. The molecule has 0 aromatic heterocycles. The molecule has 0 aliphatic carbocycles. The second kappa shape index (κ2) is 7.00. The Morgan fingerprint density at radius 2 is 2.12 bits per heavy atom. The zero-order valence-corrected chi connectivity index (χ0v) is 11.6. The van der Waals surface area contributed by atoms with Gasteiger partial charge in [-0.1, -0.05) is 27.2 Å². The van der Waals surface area contributed by atoms with Crippen molar-refractivity contribution in [1.29, 1.82) is 0 Å². The molecule has 0 saturated carbocycles. The molecule has 1 fully saturated rings. The fourth-order valence-corrected chi connectivity index (χ4v) is 2.66. The van der Waals surface area contributed by atoms with E-state index in [1.807, 2.05) is 4.90 Å². The van der Waals surface area contributed by atoms with Crippen LogP contribution in [0.4, 0.5) is 0 Å². The third-order valence-corrected chi connectivity index (χ3v) is 3.91. The Labute approximate surface area is 106 Å². The van der Waals surface area contributed by atoms with Gasteiger partial charge in [0.15, 0.2) is 0 Å². The van der Waals surface area contributed by atoms with Gasteiger partial charge in [0.1, 0.15) is 0 Å². The summed E-state index contributed by atoms with van der Waals surface area (Å²) in [7, 11) is 0. The third-order valence-electron chi connectivity index (χ3n) is 3.91. The summed E-state index contributed by atoms with van der Waals surface area (Å²) >= 11 is 0. The first kappa shape index (κ1) is 14.5. The average molecular weight is 240 g/mol. The predicted molar refractivity (Wildman–Crippen MR) is 71.6 cm³/mol. The van der Waals surface area contributed by atoms with E-state index in [9.17, 15) is 4.79 Å². The van der Waals surface area contributed by atoms with Gasteiger partial charge < -0.3 is 10.6 Å². The zero-order valence-electron chi connectivity index (χ0n) is 11.6. The van der Waals surface area contributed by atoms with Crippen LogP contribution in [-0.4, -0.2) is 29.9 Å². The lowest BCUT2D eigenvalue weighted by molar-refractivity contribution is -0.130. The smallest absolute Gasteiger partial charge is 0.222 e. The van der Waals surface area contributed by atoms with Gasteiger partial charge in [-0.3, -0.25) is 4.79 Å². The van der Waals surface area contributed by atoms with Crippen molar-refractivity contribution in [2.45, 2.75) is 58.9 Å². The molecule has 2 N–H and O–H groups in total. The van der Waals surface area contributed by atoms with Crippen molar-refractivity contribution in [2.24, 2.45) is 17.6 Å². The maximum Gasteiger partial charge on any atom is 0.222 e. The van der Waals surface area contributed by atoms with Gasteiger partial charge >= 0.3 is 0 Å². The summed E-state index contributed by atoms with van der Waals surface area (Å²) in [5.41, 5.74) is 6.03. The van der Waals surface area contributed by atoms with Gasteiger partial charge in [0.05, 0.1) is 0 Å². The topological polar surface area (TPSA) is 46.3 Å². The van der Waals surface area contributed by atoms with Crippen LogP contribution in [0, 0.1) is 11.8 Å². The van der Waals surface area contributed by atoms with Gasteiger partial charge in [-0.25, -0.2) is 0 Å². The second-order valence-electron chi connectivity index (χ2n) is 5.72. The Balaban J connectivity index is 2.47. The van der Waals surface area contributed by atoms with Gasteiger partial charge in [0, 0.05) is 25.6 Å². The summed E-state index contributed by atoms with van der Waals surface area (Å²) in [6, 6.07) is 0.152. The number of nitrogens with zero attached hydrogens (tertiary/aromatic N) is 1. The number of hydrogen-bond acceptors (Lipinski definition) is 2. The number of hydrogen-bond donors (Lipinski definition) is 1. The summed E-state index contributed by atoms with van der Waals surface area (Å²) in [5.74, 6) is 1.69. The maximum atomic E-state index is 12.0. The number of carbonyl (C=O) groups is 1. The molecule has 1 rings (SSSR count). The highest BCUT2D eigenvalue weighted by Crippen LogP contribution is 2.25. The highest BCUT2D eigenvalue weighted by molar-refractivity contribution is 5.76. The summed E-state index contributed by atoms with van der Waals surface area (Å²) < 4.78 is 0. The van der Waals surface area contributed by atoms with E-state index in [1.54, 1.807) is 0 Å². The van der Waals surface area contributed by atoms with E-state index in [-0.39, 0.29) is 6.04 Å². The van der Waals surface area contributed by atoms with Crippen LogP contribution in [0.5, 0.6) is 0 Å². The van der Waals surface area contributed by atoms with Crippen LogP contribution in [0.2, 0.25) is 0 Å². The molecule has 2 unspecified atom stereocenters. The van der Waals surface area contributed by atoms with Crippen molar-refractivity contribution in [3.63, 3.8) is 0 Å². The van der Waals surface area contributed by atoms with Crippen LogP contribution < -0.4 is 5.73 Å². The van der Waals surface area contributed by atoms with Crippen molar-refractivity contribution in [3.05, 3.63) is 0 Å². The Morgan fingerprint density at radius 3 is 2.71 bits per heavy atom. The largest absolute Gasteiger partial charge is 0.341 e. The molecule has 3 nitrogen and oxygen atoms in total. The highest BCUT2D eigenvalue weighted by atomic mass is 16.2. The fourth-order valence-electron chi connectivity index (χ4n) is 2.66. The van der Waals surface area contributed by atoms with Gasteiger partial charge in [0.2, 0.25) is 5.91 Å². The number of likely N-dealkylation sites (tertiary alicyclic amines) is 1. The van der Waals surface area contributed by atoms with Crippen molar-refractivity contribution < 1.29 is 4.79 Å². The monoisotopic (exact) mass is 240 g/mol. The van der Waals surface area contributed by atoms with Crippen molar-refractivity contribution in [1.82, 2.24) is 4.90 Å². The van der Waals surface area contributed by atoms with Crippen molar-refractivity contribution in [2.75, 3.05) is 13.1 Å². The minimum Gasteiger partial charge on any atom is -0.341 e. The van der Waals surface area contributed by atoms with E-state index in [0.29, 0.717) is 24.2 Å². The minimum absolute atomic E-state index is 0.152. The van der Waals surface area contributed by atoms with Crippen LogP contribution in [-0.2, 0) is 4.79 Å². The summed E-state index contributed by atoms with van der Waals surface area (Å²) in [5, 5.41) is 0. The number of amides is 1. The molecular formula is C14H28N2O. The number of nitrogens with two attached hydrogens (primary N) is 1. The Bertz CT molecular complexity index is 240. The summed E-state index contributed by atoms with van der Waals surface area (Å²) in [6.07, 6.45) is 5.01. The lowest BCUT2D eigenvalue weighted by Gasteiger charge is -2.24. The van der Waals surface area contributed by atoms with Gasteiger partial charge in [0.25, 0.3) is 0 Å². The molecule has 0 aromatic carbocycles. The molecule has 0 bridgehead atoms. The Hall–Kier alpha value is -0.570. The molecule has 1 aliphatic heterocycles. The molecule has 0 spiro atoms. The lowest BCUT2D eigenvalue weighted by atomic mass is 9.89. The molecular weight excluding hydrogens is 212 g/mol. The molecule has 0 aromatic rings. The van der Waals surface area contributed by atoms with E-state index in [1.165, 1.54) is 0 Å². The normalized spacial score (nSPS) is 23.9.